The van der Waals surface area contributed by atoms with Crippen LogP contribution in [0.4, 0.5) is 5.69 Å². The predicted molar refractivity (Wildman–Crippen MR) is 109 cm³/mol. The van der Waals surface area contributed by atoms with E-state index in [0.29, 0.717) is 44.4 Å². The van der Waals surface area contributed by atoms with Gasteiger partial charge >= 0.3 is 0 Å². The van der Waals surface area contributed by atoms with E-state index < -0.39 is 0 Å². The summed E-state index contributed by atoms with van der Waals surface area (Å²) in [7, 11) is 0. The van der Waals surface area contributed by atoms with Gasteiger partial charge in [-0.25, -0.2) is 4.98 Å². The molecule has 1 aliphatic rings. The maximum Gasteiger partial charge on any atom is 0.266 e. The molecule has 0 bridgehead atoms. The van der Waals surface area contributed by atoms with Crippen molar-refractivity contribution < 1.29 is 14.3 Å². The minimum Gasteiger partial charge on any atom is -0.454 e. The lowest BCUT2D eigenvalue weighted by Crippen LogP contribution is -2.20. The van der Waals surface area contributed by atoms with Crippen LogP contribution in [0.3, 0.4) is 0 Å². The highest BCUT2D eigenvalue weighted by Crippen LogP contribution is 2.35. The summed E-state index contributed by atoms with van der Waals surface area (Å²) in [4.78, 5) is 31.1. The lowest BCUT2D eigenvalue weighted by atomic mass is 10.2. The van der Waals surface area contributed by atoms with E-state index in [1.54, 1.807) is 36.0 Å². The number of aryl methyl sites for hydroxylation is 2. The van der Waals surface area contributed by atoms with E-state index in [1.165, 1.54) is 11.3 Å². The van der Waals surface area contributed by atoms with E-state index >= 15 is 0 Å². The summed E-state index contributed by atoms with van der Waals surface area (Å²) in [5.41, 5.74) is 1.19. The van der Waals surface area contributed by atoms with Gasteiger partial charge < -0.3 is 14.8 Å². The molecule has 0 spiro atoms. The number of benzene rings is 1. The van der Waals surface area contributed by atoms with Crippen molar-refractivity contribution in [1.82, 2.24) is 9.55 Å². The monoisotopic (exact) mass is 399 g/mol. The molecule has 0 saturated heterocycles. The van der Waals surface area contributed by atoms with Crippen LogP contribution in [0.15, 0.2) is 29.3 Å². The zero-order valence-corrected chi connectivity index (χ0v) is 16.6. The molecule has 0 saturated carbocycles. The first-order valence-corrected chi connectivity index (χ1v) is 10.1. The number of hydrogen-bond donors (Lipinski definition) is 1. The second-order valence-corrected chi connectivity index (χ2v) is 7.71. The van der Waals surface area contributed by atoms with Gasteiger partial charge in [0.15, 0.2) is 11.5 Å². The zero-order chi connectivity index (χ0) is 19.7. The summed E-state index contributed by atoms with van der Waals surface area (Å²) in [6, 6.07) is 5.24. The number of fused-ring (bicyclic) bond motifs is 2. The van der Waals surface area contributed by atoms with Gasteiger partial charge in [0, 0.05) is 18.3 Å². The van der Waals surface area contributed by atoms with Crippen LogP contribution in [-0.4, -0.2) is 22.3 Å². The molecule has 0 unspecified atom stereocenters. The summed E-state index contributed by atoms with van der Waals surface area (Å²) in [6.45, 7) is 4.74. The van der Waals surface area contributed by atoms with Gasteiger partial charge in [0.05, 0.1) is 16.6 Å². The molecule has 8 heteroatoms. The quantitative estimate of drug-likeness (QED) is 0.635. The second-order valence-electron chi connectivity index (χ2n) is 6.71. The van der Waals surface area contributed by atoms with Crippen LogP contribution in [0, 0.1) is 6.92 Å². The maximum atomic E-state index is 12.8. The Hall–Kier alpha value is -2.87. The van der Waals surface area contributed by atoms with E-state index in [-0.39, 0.29) is 18.3 Å². The van der Waals surface area contributed by atoms with Crippen LogP contribution in [0.25, 0.3) is 10.2 Å². The first kappa shape index (κ1) is 18.5. The highest BCUT2D eigenvalue weighted by molar-refractivity contribution is 7.20. The predicted octanol–water partition coefficient (Wildman–Crippen LogP) is 3.94. The summed E-state index contributed by atoms with van der Waals surface area (Å²) >= 11 is 1.24. The van der Waals surface area contributed by atoms with Gasteiger partial charge in [-0.1, -0.05) is 19.8 Å². The number of carbonyl (C=O) groups is 1. The molecular weight excluding hydrogens is 378 g/mol. The standard InChI is InChI=1S/C20H21N3O4S/c1-3-4-5-8-23-10-21-19-16(20(23)25)12(2)17(28-19)18(24)22-13-6-7-14-15(9-13)27-11-26-14/h6-7,9-10H,3-5,8,11H2,1-2H3,(H,22,24). The number of carbonyl (C=O) groups excluding carboxylic acids is 1. The Bertz CT molecular complexity index is 1100. The maximum absolute atomic E-state index is 12.8. The first-order valence-electron chi connectivity index (χ1n) is 9.28. The van der Waals surface area contributed by atoms with Gasteiger partial charge in [-0.05, 0) is 31.0 Å². The molecule has 3 aromatic rings. The summed E-state index contributed by atoms with van der Waals surface area (Å²) < 4.78 is 12.3. The van der Waals surface area contributed by atoms with Crippen molar-refractivity contribution in [2.45, 2.75) is 39.7 Å². The average Bonchev–Trinajstić information content (AvgIpc) is 3.28. The Morgan fingerprint density at radius 2 is 2.11 bits per heavy atom. The number of nitrogens with zero attached hydrogens (tertiary/aromatic N) is 2. The van der Waals surface area contributed by atoms with Crippen LogP contribution >= 0.6 is 11.3 Å². The molecule has 4 rings (SSSR count). The Labute approximate surface area is 165 Å². The molecule has 0 fully saturated rings. The van der Waals surface area contributed by atoms with Gasteiger partial charge in [0.2, 0.25) is 6.79 Å². The Balaban J connectivity index is 1.61. The van der Waals surface area contributed by atoms with Crippen LogP contribution in [0.1, 0.15) is 41.4 Å². The molecule has 0 aliphatic carbocycles. The minimum atomic E-state index is -0.267. The van der Waals surface area contributed by atoms with Crippen molar-refractivity contribution in [1.29, 1.82) is 0 Å². The van der Waals surface area contributed by atoms with Gasteiger partial charge in [-0.2, -0.15) is 0 Å². The van der Waals surface area contributed by atoms with E-state index in [2.05, 4.69) is 17.2 Å². The molecule has 1 aliphatic heterocycles. The Kier molecular flexibility index (Phi) is 5.04. The molecule has 1 N–H and O–H groups in total. The van der Waals surface area contributed by atoms with E-state index in [4.69, 9.17) is 9.47 Å². The van der Waals surface area contributed by atoms with Gasteiger partial charge in [-0.3, -0.25) is 14.2 Å². The number of amides is 1. The van der Waals surface area contributed by atoms with Crippen molar-refractivity contribution in [3.05, 3.63) is 45.3 Å². The van der Waals surface area contributed by atoms with Crippen LogP contribution in [0.5, 0.6) is 11.5 Å². The fraction of sp³-hybridized carbons (Fsp3) is 0.350. The van der Waals surface area contributed by atoms with Crippen LogP contribution < -0.4 is 20.3 Å². The molecule has 3 heterocycles. The summed E-state index contributed by atoms with van der Waals surface area (Å²) in [5.74, 6) is 0.989. The number of hydrogen-bond acceptors (Lipinski definition) is 6. The first-order chi connectivity index (χ1) is 13.6. The largest absolute Gasteiger partial charge is 0.454 e. The lowest BCUT2D eigenvalue weighted by Gasteiger charge is -2.06. The lowest BCUT2D eigenvalue weighted by molar-refractivity contribution is 0.103. The number of rotatable bonds is 6. The van der Waals surface area contributed by atoms with Crippen molar-refractivity contribution in [2.75, 3.05) is 12.1 Å². The number of thiophene rings is 1. The van der Waals surface area contributed by atoms with E-state index in [1.807, 2.05) is 0 Å². The topological polar surface area (TPSA) is 82.5 Å². The number of aromatic nitrogens is 2. The molecule has 0 atom stereocenters. The smallest absolute Gasteiger partial charge is 0.266 e. The summed E-state index contributed by atoms with van der Waals surface area (Å²) in [5, 5.41) is 3.39. The van der Waals surface area contributed by atoms with Crippen molar-refractivity contribution in [3.63, 3.8) is 0 Å². The Morgan fingerprint density at radius 1 is 1.29 bits per heavy atom. The third-order valence-electron chi connectivity index (χ3n) is 4.76. The SMILES string of the molecule is CCCCCn1cnc2sc(C(=O)Nc3ccc4c(c3)OCO4)c(C)c2c1=O. The normalized spacial score (nSPS) is 12.5. The number of nitrogens with one attached hydrogen (secondary N) is 1. The average molecular weight is 399 g/mol. The van der Waals surface area contributed by atoms with E-state index in [9.17, 15) is 9.59 Å². The fourth-order valence-electron chi connectivity index (χ4n) is 3.23. The third kappa shape index (κ3) is 3.35. The molecule has 2 aromatic heterocycles. The van der Waals surface area contributed by atoms with Crippen LogP contribution in [0.2, 0.25) is 0 Å². The van der Waals surface area contributed by atoms with Gasteiger partial charge in [0.25, 0.3) is 11.5 Å². The molecular formula is C20H21N3O4S. The molecule has 1 aromatic carbocycles. The number of ether oxygens (including phenoxy) is 2. The molecule has 0 radical (unpaired) electrons. The van der Waals surface area contributed by atoms with E-state index in [0.717, 1.165) is 19.3 Å². The highest BCUT2D eigenvalue weighted by Gasteiger charge is 2.20. The van der Waals surface area contributed by atoms with Crippen molar-refractivity contribution >= 4 is 33.1 Å². The van der Waals surface area contributed by atoms with Gasteiger partial charge in [0.1, 0.15) is 4.83 Å². The fourth-order valence-corrected chi connectivity index (χ4v) is 4.26. The number of unbranched alkanes of at least 4 members (excludes halogenated alkanes) is 2. The highest BCUT2D eigenvalue weighted by atomic mass is 32.1. The Morgan fingerprint density at radius 3 is 2.93 bits per heavy atom. The number of anilines is 1. The second kappa shape index (κ2) is 7.63. The molecule has 28 heavy (non-hydrogen) atoms. The molecule has 146 valence electrons. The molecule has 7 nitrogen and oxygen atoms in total. The van der Waals surface area contributed by atoms with Crippen molar-refractivity contribution in [2.24, 2.45) is 0 Å². The third-order valence-corrected chi connectivity index (χ3v) is 5.96. The summed E-state index contributed by atoms with van der Waals surface area (Å²) in [6.07, 6.45) is 4.67. The van der Waals surface area contributed by atoms with Gasteiger partial charge in [-0.15, -0.1) is 11.3 Å². The van der Waals surface area contributed by atoms with Crippen LogP contribution in [-0.2, 0) is 6.54 Å². The van der Waals surface area contributed by atoms with Crippen molar-refractivity contribution in [3.8, 4) is 11.5 Å². The minimum absolute atomic E-state index is 0.0861. The zero-order valence-electron chi connectivity index (χ0n) is 15.8. The molecule has 1 amide bonds.